The van der Waals surface area contributed by atoms with E-state index in [0.717, 1.165) is 0 Å². The first-order valence-corrected chi connectivity index (χ1v) is 0. The zero-order valence-corrected chi connectivity index (χ0v) is 0. The third kappa shape index (κ3) is 0. The summed E-state index contributed by atoms with van der Waals surface area (Å²) in [5.74, 6) is 0. The van der Waals surface area contributed by atoms with Crippen LogP contribution in [0.3, 0.4) is 0 Å². The van der Waals surface area contributed by atoms with Gasteiger partial charge in [-0.3, -0.25) is 0 Å². The van der Waals surface area contributed by atoms with Crippen molar-refractivity contribution in [3.05, 3.63) is 0 Å². The van der Waals surface area contributed by atoms with Crippen LogP contribution in [0.5, 0.6) is 0 Å². The average molecular weight is 578 g/mol. The van der Waals surface area contributed by atoms with E-state index in [1.165, 1.54) is 0 Å². The van der Waals surface area contributed by atoms with Crippen molar-refractivity contribution in [1.29, 1.82) is 0 Å². The second kappa shape index (κ2) is 0. The Bertz CT molecular complexity index is 0. The van der Waals surface area contributed by atoms with Gasteiger partial charge in [-0.1, -0.05) is 267 Å². The van der Waals surface area contributed by atoms with Crippen LogP contribution in [0.2, 0.25) is 0 Å². The standard InChI is InChI=1S/36CH4/h36*1H4. The Morgan fingerprint density at radius 1 is 0.0278 bits per heavy atom. The summed E-state index contributed by atoms with van der Waals surface area (Å²) in [5.41, 5.74) is 0. The molecule has 0 heterocycles. The highest BCUT2D eigenvalue weighted by atomic mass is 12.0. The molecule has 0 rings (SSSR count). The van der Waals surface area contributed by atoms with Crippen LogP contribution in [0.15, 0.2) is 0 Å². The summed E-state index contributed by atoms with van der Waals surface area (Å²) in [6.45, 7) is 0. The van der Waals surface area contributed by atoms with E-state index in [1.54, 1.807) is 0 Å². The van der Waals surface area contributed by atoms with Crippen molar-refractivity contribution in [1.82, 2.24) is 0 Å². The number of rotatable bonds is 0. The van der Waals surface area contributed by atoms with Gasteiger partial charge in [-0.15, -0.1) is 0 Å². The van der Waals surface area contributed by atoms with Crippen LogP contribution in [0, 0.1) is 0 Å². The molecule has 0 unspecified atom stereocenters. The Hall–Kier alpha value is 0. The highest BCUT2D eigenvalue weighted by Crippen LogP contribution is 0.179. The fourth-order valence-electron chi connectivity index (χ4n) is 0. The molecule has 288 valence electrons. The van der Waals surface area contributed by atoms with Crippen LogP contribution in [-0.4, -0.2) is 0 Å². The van der Waals surface area contributed by atoms with E-state index in [9.17, 15) is 0 Å². The van der Waals surface area contributed by atoms with Crippen LogP contribution in [-0.2, 0) is 0 Å². The van der Waals surface area contributed by atoms with Gasteiger partial charge in [0.1, 0.15) is 0 Å². The molecule has 0 spiro atoms. The second-order valence-electron chi connectivity index (χ2n) is 0. The molecule has 0 N–H and O–H groups in total. The summed E-state index contributed by atoms with van der Waals surface area (Å²) in [7, 11) is 0. The van der Waals surface area contributed by atoms with E-state index in [-0.39, 0.29) is 267 Å². The van der Waals surface area contributed by atoms with E-state index in [1.807, 2.05) is 0 Å². The van der Waals surface area contributed by atoms with E-state index >= 15 is 0 Å². The summed E-state index contributed by atoms with van der Waals surface area (Å²) >= 11 is 0. The molecule has 36 heavy (non-hydrogen) atoms. The first-order valence-electron chi connectivity index (χ1n) is 0. The lowest BCUT2D eigenvalue weighted by Crippen LogP contribution is 0.143. The molecule has 0 aliphatic carbocycles. The summed E-state index contributed by atoms with van der Waals surface area (Å²) in [4.78, 5) is 0. The van der Waals surface area contributed by atoms with Gasteiger partial charge in [0.25, 0.3) is 0 Å². The van der Waals surface area contributed by atoms with Crippen molar-refractivity contribution >= 4 is 0 Å². The van der Waals surface area contributed by atoms with Crippen LogP contribution >= 0.6 is 0 Å². The fourth-order valence-corrected chi connectivity index (χ4v) is 0. The smallest absolute Gasteiger partial charge is 0.0776 e. The van der Waals surface area contributed by atoms with Crippen LogP contribution in [0.25, 0.3) is 0 Å². The van der Waals surface area contributed by atoms with Crippen molar-refractivity contribution in [2.75, 3.05) is 0 Å². The van der Waals surface area contributed by atoms with E-state index in [4.69, 9.17) is 0 Å². The molecule has 0 aromatic rings. The van der Waals surface area contributed by atoms with Gasteiger partial charge in [-0.05, 0) is 0 Å². The number of hydrogen-bond acceptors (Lipinski definition) is 0. The molecule has 0 radical (unpaired) electrons. The lowest BCUT2D eigenvalue weighted by atomic mass is 12.0. The molecule has 0 aromatic heterocycles. The predicted octanol–water partition coefficient (Wildman–Crippen LogP) is 22.9. The quantitative estimate of drug-likeness (QED) is 0.269. The summed E-state index contributed by atoms with van der Waals surface area (Å²) < 4.78 is 0. The Labute approximate surface area is 267 Å². The summed E-state index contributed by atoms with van der Waals surface area (Å²) in [6.07, 6.45) is 0. The predicted molar refractivity (Wildman–Crippen MR) is 242 cm³/mol. The molecule has 0 aromatic carbocycles. The largest absolute Gasteiger partial charge is 0.0776 e. The molecule has 0 amide bonds. The van der Waals surface area contributed by atoms with Gasteiger partial charge in [0, 0.05) is 0 Å². The van der Waals surface area contributed by atoms with Gasteiger partial charge < -0.3 is 0 Å². The summed E-state index contributed by atoms with van der Waals surface area (Å²) in [5, 5.41) is 0. The monoisotopic (exact) mass is 577 g/mol. The second-order valence-corrected chi connectivity index (χ2v) is 0. The highest BCUT2D eigenvalue weighted by molar-refractivity contribution is 2.54. The molecule has 0 bridgehead atoms. The van der Waals surface area contributed by atoms with Crippen molar-refractivity contribution in [3.8, 4) is 0 Å². The van der Waals surface area contributed by atoms with Crippen molar-refractivity contribution in [3.63, 3.8) is 0 Å². The van der Waals surface area contributed by atoms with Crippen molar-refractivity contribution < 1.29 is 0 Å². The first-order chi connectivity index (χ1) is 0. The SMILES string of the molecule is C.C.C.C.C.C.C.C.C.C.C.C.C.C.C.C.C.C.C.C.C.C.C.C.C.C.C.C.C.C.C.C.C.C.C.C. The average Bonchev–Trinajstić information content (AvgIpc) is 0. The molecule has 0 saturated heterocycles. The molecule has 0 saturated carbocycles. The molecule has 0 fully saturated rings. The van der Waals surface area contributed by atoms with Gasteiger partial charge >= 0.3 is 0 Å². The topological polar surface area (TPSA) is 0 Å². The van der Waals surface area contributed by atoms with E-state index < -0.39 is 0 Å². The Morgan fingerprint density at radius 2 is 0.0278 bits per heavy atom. The zero-order valence-electron chi connectivity index (χ0n) is 0. The molecule has 0 aliphatic heterocycles. The van der Waals surface area contributed by atoms with Gasteiger partial charge in [-0.2, -0.15) is 0 Å². The highest BCUT2D eigenvalue weighted by Gasteiger charge is -0.0426. The first kappa shape index (κ1) is 0. The van der Waals surface area contributed by atoms with Crippen LogP contribution in [0.4, 0.5) is 0 Å². The maximum absolute atomic E-state index is 0. The Morgan fingerprint density at radius 3 is 0.0278 bits per heavy atom. The van der Waals surface area contributed by atoms with Crippen molar-refractivity contribution in [2.45, 2.75) is 267 Å². The maximum Gasteiger partial charge on any atom is -0.0776 e. The van der Waals surface area contributed by atoms with Gasteiger partial charge in [0.15, 0.2) is 0 Å². The maximum atomic E-state index is 0. The molecule has 0 aliphatic rings. The third-order valence-electron chi connectivity index (χ3n) is 0. The van der Waals surface area contributed by atoms with Crippen molar-refractivity contribution in [2.24, 2.45) is 0 Å². The van der Waals surface area contributed by atoms with E-state index in [0.29, 0.717) is 0 Å². The van der Waals surface area contributed by atoms with Gasteiger partial charge in [-0.25, -0.2) is 0 Å². The molecule has 0 nitrogen and oxygen atoms in total. The lowest BCUT2D eigenvalue weighted by molar-refractivity contribution is 2.50. The molecular weight excluding hydrogens is 432 g/mol. The van der Waals surface area contributed by atoms with E-state index in [2.05, 4.69) is 0 Å². The minimum absolute atomic E-state index is 0. The van der Waals surface area contributed by atoms with Gasteiger partial charge in [0.2, 0.25) is 0 Å². The Balaban J connectivity index is 0. The molecule has 0 heteroatoms. The van der Waals surface area contributed by atoms with Crippen LogP contribution < -0.4 is 0 Å². The Kier molecular flexibility index (Phi) is 0. The van der Waals surface area contributed by atoms with Crippen LogP contribution in [0.1, 0.15) is 267 Å². The third-order valence-corrected chi connectivity index (χ3v) is 0. The lowest BCUT2D eigenvalue weighted by Gasteiger charge is -0.0786. The number of hydrogen-bond donors (Lipinski definition) is 0. The normalized spacial score (nSPS) is 0. The zero-order chi connectivity index (χ0) is 0. The minimum Gasteiger partial charge on any atom is -0.0776 e. The van der Waals surface area contributed by atoms with Gasteiger partial charge in [0.05, 0.1) is 0 Å². The molecule has 0 atom stereocenters. The summed E-state index contributed by atoms with van der Waals surface area (Å²) in [6, 6.07) is 0. The minimum atomic E-state index is 0. The fraction of sp³-hybridized carbons (Fsp3) is 1.00. The molecular formula is C36H144.